The quantitative estimate of drug-likeness (QED) is 0.894. The van der Waals surface area contributed by atoms with Gasteiger partial charge in [0, 0.05) is 32.7 Å². The predicted molar refractivity (Wildman–Crippen MR) is 69.2 cm³/mol. The van der Waals surface area contributed by atoms with Crippen LogP contribution in [0, 0.1) is 5.41 Å². The summed E-state index contributed by atoms with van der Waals surface area (Å²) in [6, 6.07) is 2.35. The molecule has 2 nitrogen and oxygen atoms in total. The van der Waals surface area contributed by atoms with E-state index in [9.17, 15) is 0 Å². The lowest BCUT2D eigenvalue weighted by Gasteiger charge is -2.46. The lowest BCUT2D eigenvalue weighted by atomic mass is 9.64. The molecule has 4 heteroatoms. The minimum absolute atomic E-state index is 0.190. The summed E-state index contributed by atoms with van der Waals surface area (Å²) in [5, 5.41) is 5.39. The first kappa shape index (κ1) is 11.6. The van der Waals surface area contributed by atoms with Crippen molar-refractivity contribution in [3.05, 3.63) is 20.8 Å². The zero-order valence-corrected chi connectivity index (χ0v) is 11.3. The van der Waals surface area contributed by atoms with Crippen LogP contribution in [0.15, 0.2) is 15.9 Å². The third-order valence-corrected chi connectivity index (χ3v) is 5.21. The maximum Gasteiger partial charge on any atom is 0.0459 e. The van der Waals surface area contributed by atoms with E-state index in [0.29, 0.717) is 5.41 Å². The zero-order valence-electron chi connectivity index (χ0n) is 8.92. The zero-order chi connectivity index (χ0) is 10.9. The van der Waals surface area contributed by atoms with Crippen molar-refractivity contribution in [1.29, 1.82) is 0 Å². The molecule has 0 bridgehead atoms. The second-order valence-corrected chi connectivity index (χ2v) is 6.25. The molecule has 0 saturated heterocycles. The molecule has 15 heavy (non-hydrogen) atoms. The van der Waals surface area contributed by atoms with Gasteiger partial charge in [-0.05, 0) is 41.9 Å². The molecule has 1 aliphatic rings. The molecule has 3 N–H and O–H groups in total. The van der Waals surface area contributed by atoms with Crippen molar-refractivity contribution in [3.8, 4) is 0 Å². The van der Waals surface area contributed by atoms with Crippen molar-refractivity contribution in [1.82, 2.24) is 5.32 Å². The molecule has 1 unspecified atom stereocenters. The van der Waals surface area contributed by atoms with Crippen molar-refractivity contribution >= 4 is 27.3 Å². The number of hydrogen-bond acceptors (Lipinski definition) is 3. The van der Waals surface area contributed by atoms with Gasteiger partial charge in [-0.2, -0.15) is 0 Å². The van der Waals surface area contributed by atoms with Gasteiger partial charge in [0.25, 0.3) is 0 Å². The number of rotatable bonds is 4. The van der Waals surface area contributed by atoms with Gasteiger partial charge in [-0.3, -0.25) is 0 Å². The van der Waals surface area contributed by atoms with Crippen LogP contribution in [0.25, 0.3) is 0 Å². The molecule has 1 heterocycles. The Balaban J connectivity index is 2.14. The van der Waals surface area contributed by atoms with Gasteiger partial charge in [-0.15, -0.1) is 11.3 Å². The van der Waals surface area contributed by atoms with Crippen molar-refractivity contribution in [2.24, 2.45) is 11.1 Å². The van der Waals surface area contributed by atoms with E-state index >= 15 is 0 Å². The third kappa shape index (κ3) is 2.13. The summed E-state index contributed by atoms with van der Waals surface area (Å²) in [6.45, 7) is 1.03. The molecule has 2 rings (SSSR count). The Labute approximate surface area is 103 Å². The fourth-order valence-corrected chi connectivity index (χ4v) is 3.96. The number of halogens is 1. The van der Waals surface area contributed by atoms with E-state index in [0.717, 1.165) is 11.0 Å². The average Bonchev–Trinajstić information content (AvgIpc) is 2.57. The highest BCUT2D eigenvalue weighted by Crippen LogP contribution is 2.49. The van der Waals surface area contributed by atoms with Gasteiger partial charge in [0.05, 0.1) is 0 Å². The molecular weight excluding hydrogens is 272 g/mol. The number of nitrogens with two attached hydrogens (primary N) is 1. The second-order valence-electron chi connectivity index (χ2n) is 4.39. The Hall–Kier alpha value is 0.1000. The summed E-state index contributed by atoms with van der Waals surface area (Å²) in [4.78, 5) is 1.30. The molecule has 1 saturated carbocycles. The van der Waals surface area contributed by atoms with Gasteiger partial charge in [0.15, 0.2) is 0 Å². The molecule has 0 spiro atoms. The molecule has 1 atom stereocenters. The molecule has 84 valence electrons. The van der Waals surface area contributed by atoms with Gasteiger partial charge in [-0.1, -0.05) is 6.42 Å². The number of nitrogens with one attached hydrogen (secondary N) is 1. The third-order valence-electron chi connectivity index (χ3n) is 3.43. The molecule has 0 aromatic carbocycles. The highest BCUT2D eigenvalue weighted by atomic mass is 79.9. The maximum absolute atomic E-state index is 6.38. The van der Waals surface area contributed by atoms with Crippen LogP contribution in [-0.4, -0.2) is 13.6 Å². The first-order valence-electron chi connectivity index (χ1n) is 5.32. The second kappa shape index (κ2) is 4.53. The van der Waals surface area contributed by atoms with Crippen LogP contribution in [0.2, 0.25) is 0 Å². The van der Waals surface area contributed by atoms with E-state index in [1.807, 2.05) is 7.05 Å². The monoisotopic (exact) mass is 288 g/mol. The number of thiophene rings is 1. The Morgan fingerprint density at radius 1 is 1.67 bits per heavy atom. The normalized spacial score (nSPS) is 21.0. The molecular formula is C11H17BrN2S. The Kier molecular flexibility index (Phi) is 3.50. The van der Waals surface area contributed by atoms with Crippen LogP contribution in [0.1, 0.15) is 30.2 Å². The highest BCUT2D eigenvalue weighted by molar-refractivity contribution is 9.10. The first-order valence-corrected chi connectivity index (χ1v) is 6.99. The summed E-state index contributed by atoms with van der Waals surface area (Å²) in [5.74, 6) is 0. The van der Waals surface area contributed by atoms with E-state index in [-0.39, 0.29) is 6.04 Å². The van der Waals surface area contributed by atoms with E-state index < -0.39 is 0 Å². The van der Waals surface area contributed by atoms with Crippen molar-refractivity contribution < 1.29 is 0 Å². The van der Waals surface area contributed by atoms with Crippen molar-refractivity contribution in [2.75, 3.05) is 13.6 Å². The van der Waals surface area contributed by atoms with Crippen LogP contribution in [0.5, 0.6) is 0 Å². The van der Waals surface area contributed by atoms with Crippen LogP contribution >= 0.6 is 27.3 Å². The molecule has 0 amide bonds. The topological polar surface area (TPSA) is 38.0 Å². The Bertz CT molecular complexity index is 333. The Morgan fingerprint density at radius 3 is 2.80 bits per heavy atom. The number of hydrogen-bond donors (Lipinski definition) is 2. The lowest BCUT2D eigenvalue weighted by molar-refractivity contribution is 0.0963. The minimum Gasteiger partial charge on any atom is -0.323 e. The van der Waals surface area contributed by atoms with E-state index in [1.165, 1.54) is 24.1 Å². The Morgan fingerprint density at radius 2 is 2.40 bits per heavy atom. The summed E-state index contributed by atoms with van der Waals surface area (Å²) in [7, 11) is 2.01. The predicted octanol–water partition coefficient (Wildman–Crippen LogP) is 2.90. The van der Waals surface area contributed by atoms with E-state index in [2.05, 4.69) is 32.7 Å². The maximum atomic E-state index is 6.38. The van der Waals surface area contributed by atoms with Crippen molar-refractivity contribution in [2.45, 2.75) is 25.3 Å². The fraction of sp³-hybridized carbons (Fsp3) is 0.636. The molecule has 1 aromatic heterocycles. The van der Waals surface area contributed by atoms with Gasteiger partial charge < -0.3 is 11.1 Å². The summed E-state index contributed by atoms with van der Waals surface area (Å²) in [5.41, 5.74) is 6.69. The molecule has 1 fully saturated rings. The van der Waals surface area contributed by atoms with Crippen LogP contribution < -0.4 is 11.1 Å². The largest absolute Gasteiger partial charge is 0.323 e. The van der Waals surface area contributed by atoms with Crippen molar-refractivity contribution in [3.63, 3.8) is 0 Å². The van der Waals surface area contributed by atoms with Crippen LogP contribution in [-0.2, 0) is 0 Å². The molecule has 0 aliphatic heterocycles. The average molecular weight is 289 g/mol. The van der Waals surface area contributed by atoms with Gasteiger partial charge in [0.2, 0.25) is 0 Å². The molecule has 0 radical (unpaired) electrons. The molecule has 1 aromatic rings. The summed E-state index contributed by atoms with van der Waals surface area (Å²) < 4.78 is 1.15. The van der Waals surface area contributed by atoms with Crippen LogP contribution in [0.3, 0.4) is 0 Å². The minimum atomic E-state index is 0.190. The standard InChI is InChI=1S/C11H17BrN2S/c1-14-7-11(3-2-4-11)10(13)9-5-8(12)6-15-9/h5-6,10,14H,2-4,7,13H2,1H3. The van der Waals surface area contributed by atoms with Gasteiger partial charge in [0.1, 0.15) is 0 Å². The van der Waals surface area contributed by atoms with Gasteiger partial charge in [-0.25, -0.2) is 0 Å². The summed E-state index contributed by atoms with van der Waals surface area (Å²) in [6.07, 6.45) is 3.83. The summed E-state index contributed by atoms with van der Waals surface area (Å²) >= 11 is 5.25. The van der Waals surface area contributed by atoms with E-state index in [1.54, 1.807) is 11.3 Å². The lowest BCUT2D eigenvalue weighted by Crippen LogP contribution is -2.46. The smallest absolute Gasteiger partial charge is 0.0459 e. The fourth-order valence-electron chi connectivity index (χ4n) is 2.37. The van der Waals surface area contributed by atoms with E-state index in [4.69, 9.17) is 5.73 Å². The van der Waals surface area contributed by atoms with Crippen LogP contribution in [0.4, 0.5) is 0 Å². The SMILES string of the molecule is CNCC1(C(N)c2cc(Br)cs2)CCC1. The first-order chi connectivity index (χ1) is 7.18. The van der Waals surface area contributed by atoms with Gasteiger partial charge >= 0.3 is 0 Å². The molecule has 1 aliphatic carbocycles. The highest BCUT2D eigenvalue weighted by Gasteiger charge is 2.42.